The molecule has 1 saturated heterocycles. The number of hydrogen-bond acceptors (Lipinski definition) is 2. The van der Waals surface area contributed by atoms with Gasteiger partial charge < -0.3 is 5.32 Å². The van der Waals surface area contributed by atoms with Gasteiger partial charge in [-0.05, 0) is 56.8 Å². The third-order valence-electron chi connectivity index (χ3n) is 4.30. The van der Waals surface area contributed by atoms with Crippen LogP contribution in [0.5, 0.6) is 0 Å². The highest BCUT2D eigenvalue weighted by atomic mass is 16.1. The number of piperidine rings is 1. The lowest BCUT2D eigenvalue weighted by atomic mass is 9.92. The lowest BCUT2D eigenvalue weighted by Gasteiger charge is -2.23. The summed E-state index contributed by atoms with van der Waals surface area (Å²) in [5.41, 5.74) is 2.33. The van der Waals surface area contributed by atoms with Crippen molar-refractivity contribution in [1.29, 1.82) is 0 Å². The highest BCUT2D eigenvalue weighted by molar-refractivity contribution is 5.36. The fraction of sp³-hybridized carbons (Fsp3) is 0.471. The van der Waals surface area contributed by atoms with Crippen LogP contribution in [0.25, 0.3) is 5.69 Å². The second kappa shape index (κ2) is 5.90. The number of hydrogen-bond donors (Lipinski definition) is 1. The average molecular weight is 285 g/mol. The average Bonchev–Trinajstić information content (AvgIpc) is 2.90. The third kappa shape index (κ3) is 2.81. The van der Waals surface area contributed by atoms with Gasteiger partial charge in [0.1, 0.15) is 0 Å². The minimum Gasteiger partial charge on any atom is -0.316 e. The van der Waals surface area contributed by atoms with E-state index in [2.05, 4.69) is 29.6 Å². The Morgan fingerprint density at radius 1 is 1.19 bits per heavy atom. The Kier molecular flexibility index (Phi) is 3.97. The summed E-state index contributed by atoms with van der Waals surface area (Å²) in [6, 6.07) is 8.61. The Bertz CT molecular complexity index is 645. The van der Waals surface area contributed by atoms with Gasteiger partial charge in [-0.3, -0.25) is 9.13 Å². The molecule has 1 atom stereocenters. The van der Waals surface area contributed by atoms with Crippen molar-refractivity contribution in [2.24, 2.45) is 0 Å². The van der Waals surface area contributed by atoms with Crippen LogP contribution in [0.15, 0.2) is 41.5 Å². The van der Waals surface area contributed by atoms with Crippen LogP contribution in [0.4, 0.5) is 0 Å². The van der Waals surface area contributed by atoms with Crippen LogP contribution < -0.4 is 11.0 Å². The van der Waals surface area contributed by atoms with E-state index in [0.29, 0.717) is 5.92 Å². The number of benzene rings is 1. The molecule has 1 aromatic carbocycles. The van der Waals surface area contributed by atoms with Crippen LogP contribution in [-0.4, -0.2) is 22.2 Å². The highest BCUT2D eigenvalue weighted by Crippen LogP contribution is 2.23. The van der Waals surface area contributed by atoms with Gasteiger partial charge in [0, 0.05) is 25.0 Å². The molecule has 1 N–H and O–H groups in total. The first kappa shape index (κ1) is 14.1. The van der Waals surface area contributed by atoms with Crippen molar-refractivity contribution in [3.05, 3.63) is 52.7 Å². The molecule has 0 aliphatic carbocycles. The van der Waals surface area contributed by atoms with Crippen molar-refractivity contribution >= 4 is 0 Å². The number of rotatable bonds is 3. The van der Waals surface area contributed by atoms with E-state index in [1.807, 2.05) is 26.2 Å². The first-order valence-electron chi connectivity index (χ1n) is 7.77. The summed E-state index contributed by atoms with van der Waals surface area (Å²) in [5.74, 6) is 0.602. The van der Waals surface area contributed by atoms with Gasteiger partial charge in [-0.25, -0.2) is 4.79 Å². The first-order chi connectivity index (χ1) is 10.2. The van der Waals surface area contributed by atoms with E-state index in [9.17, 15) is 4.79 Å². The minimum atomic E-state index is 0.0251. The van der Waals surface area contributed by atoms with Crippen LogP contribution in [-0.2, 0) is 0 Å². The second-order valence-electron chi connectivity index (χ2n) is 6.09. The summed E-state index contributed by atoms with van der Waals surface area (Å²) >= 11 is 0. The maximum absolute atomic E-state index is 12.3. The lowest BCUT2D eigenvalue weighted by Crippen LogP contribution is -2.28. The normalized spacial score (nSPS) is 19.1. The molecule has 3 rings (SSSR count). The molecule has 4 nitrogen and oxygen atoms in total. The molecule has 0 spiro atoms. The summed E-state index contributed by atoms with van der Waals surface area (Å²) in [7, 11) is 0. The second-order valence-corrected chi connectivity index (χ2v) is 6.09. The predicted octanol–water partition coefficient (Wildman–Crippen LogP) is 2.69. The zero-order valence-corrected chi connectivity index (χ0v) is 12.7. The molecule has 1 unspecified atom stereocenters. The SMILES string of the molecule is CC(C)n1ccn(-c2ccc(C3CCCNC3)cc2)c1=O. The van der Waals surface area contributed by atoms with E-state index < -0.39 is 0 Å². The molecule has 0 radical (unpaired) electrons. The van der Waals surface area contributed by atoms with Crippen molar-refractivity contribution in [2.75, 3.05) is 13.1 Å². The van der Waals surface area contributed by atoms with Gasteiger partial charge in [-0.15, -0.1) is 0 Å². The summed E-state index contributed by atoms with van der Waals surface area (Å²) in [5, 5.41) is 3.45. The number of nitrogens with zero attached hydrogens (tertiary/aromatic N) is 2. The van der Waals surface area contributed by atoms with Gasteiger partial charge in [-0.2, -0.15) is 0 Å². The van der Waals surface area contributed by atoms with Crippen molar-refractivity contribution in [1.82, 2.24) is 14.5 Å². The van der Waals surface area contributed by atoms with Gasteiger partial charge in [0.15, 0.2) is 0 Å². The largest absolute Gasteiger partial charge is 0.332 e. The van der Waals surface area contributed by atoms with Gasteiger partial charge in [0.05, 0.1) is 5.69 Å². The van der Waals surface area contributed by atoms with Crippen LogP contribution in [0.1, 0.15) is 44.2 Å². The molecule has 1 fully saturated rings. The smallest absolute Gasteiger partial charge is 0.316 e. The maximum atomic E-state index is 12.3. The van der Waals surface area contributed by atoms with E-state index in [4.69, 9.17) is 0 Å². The Balaban J connectivity index is 1.85. The molecule has 0 saturated carbocycles. The maximum Gasteiger partial charge on any atom is 0.332 e. The quantitative estimate of drug-likeness (QED) is 0.941. The van der Waals surface area contributed by atoms with E-state index in [1.165, 1.54) is 18.4 Å². The zero-order valence-electron chi connectivity index (χ0n) is 12.7. The number of nitrogens with one attached hydrogen (secondary N) is 1. The topological polar surface area (TPSA) is 39.0 Å². The minimum absolute atomic E-state index is 0.0251. The van der Waals surface area contributed by atoms with E-state index in [1.54, 1.807) is 9.13 Å². The molecule has 2 aromatic rings. The van der Waals surface area contributed by atoms with Crippen LogP contribution in [0.3, 0.4) is 0 Å². The standard InChI is InChI=1S/C17H23N3O/c1-13(2)19-10-11-20(17(19)21)16-7-5-14(6-8-16)15-4-3-9-18-12-15/h5-8,10-11,13,15,18H,3-4,9,12H2,1-2H3. The van der Waals surface area contributed by atoms with Gasteiger partial charge in [0.2, 0.25) is 0 Å². The van der Waals surface area contributed by atoms with Crippen molar-refractivity contribution < 1.29 is 0 Å². The Hall–Kier alpha value is -1.81. The van der Waals surface area contributed by atoms with Crippen molar-refractivity contribution in [3.63, 3.8) is 0 Å². The van der Waals surface area contributed by atoms with E-state index in [-0.39, 0.29) is 11.7 Å². The Morgan fingerprint density at radius 3 is 2.52 bits per heavy atom. The molecular weight excluding hydrogens is 262 g/mol. The van der Waals surface area contributed by atoms with Gasteiger partial charge >= 0.3 is 5.69 Å². The molecule has 2 heterocycles. The molecule has 1 aliphatic rings. The Labute approximate surface area is 125 Å². The van der Waals surface area contributed by atoms with Crippen LogP contribution >= 0.6 is 0 Å². The van der Waals surface area contributed by atoms with Crippen LogP contribution in [0, 0.1) is 0 Å². The summed E-state index contributed by atoms with van der Waals surface area (Å²) in [6.45, 7) is 6.23. The summed E-state index contributed by atoms with van der Waals surface area (Å²) in [6.07, 6.45) is 6.19. The first-order valence-corrected chi connectivity index (χ1v) is 7.77. The Morgan fingerprint density at radius 2 is 1.95 bits per heavy atom. The van der Waals surface area contributed by atoms with Crippen molar-refractivity contribution in [2.45, 2.75) is 38.6 Å². The predicted molar refractivity (Wildman–Crippen MR) is 85.3 cm³/mol. The van der Waals surface area contributed by atoms with E-state index in [0.717, 1.165) is 18.8 Å². The van der Waals surface area contributed by atoms with Crippen LogP contribution in [0.2, 0.25) is 0 Å². The molecule has 0 amide bonds. The molecule has 4 heteroatoms. The summed E-state index contributed by atoms with van der Waals surface area (Å²) in [4.78, 5) is 12.3. The monoisotopic (exact) mass is 285 g/mol. The van der Waals surface area contributed by atoms with Gasteiger partial charge in [0.25, 0.3) is 0 Å². The zero-order chi connectivity index (χ0) is 14.8. The number of aromatic nitrogens is 2. The highest BCUT2D eigenvalue weighted by Gasteiger charge is 2.15. The number of imidazole rings is 1. The van der Waals surface area contributed by atoms with Gasteiger partial charge in [-0.1, -0.05) is 12.1 Å². The molecule has 0 bridgehead atoms. The fourth-order valence-corrected chi connectivity index (χ4v) is 3.02. The summed E-state index contributed by atoms with van der Waals surface area (Å²) < 4.78 is 3.46. The lowest BCUT2D eigenvalue weighted by molar-refractivity contribution is 0.461. The van der Waals surface area contributed by atoms with E-state index >= 15 is 0 Å². The molecule has 21 heavy (non-hydrogen) atoms. The molecule has 1 aliphatic heterocycles. The fourth-order valence-electron chi connectivity index (χ4n) is 3.02. The molecule has 1 aromatic heterocycles. The molecule has 112 valence electrons. The van der Waals surface area contributed by atoms with Crippen molar-refractivity contribution in [3.8, 4) is 5.69 Å². The third-order valence-corrected chi connectivity index (χ3v) is 4.30. The molecular formula is C17H23N3O.